The van der Waals surface area contributed by atoms with Crippen LogP contribution >= 0.6 is 0 Å². The summed E-state index contributed by atoms with van der Waals surface area (Å²) in [7, 11) is 0. The summed E-state index contributed by atoms with van der Waals surface area (Å²) in [6.07, 6.45) is 9.06. The molecule has 0 bridgehead atoms. The number of rotatable bonds is 9. The number of amides is 1. The van der Waals surface area contributed by atoms with Gasteiger partial charge in [-0.3, -0.25) is 9.69 Å². The largest absolute Gasteiger partial charge is 0.390 e. The number of halogens is 2. The number of nitrogens with two attached hydrogens (primary N) is 1. The zero-order chi connectivity index (χ0) is 30.7. The first-order valence-electron chi connectivity index (χ1n) is 15.1. The summed E-state index contributed by atoms with van der Waals surface area (Å²) in [5.41, 5.74) is 6.27. The van der Waals surface area contributed by atoms with E-state index in [1.165, 1.54) is 53.4 Å². The van der Waals surface area contributed by atoms with Crippen molar-refractivity contribution in [2.45, 2.75) is 42.6 Å². The molecule has 1 fully saturated rings. The van der Waals surface area contributed by atoms with Crippen LogP contribution in [0.5, 0.6) is 0 Å². The zero-order valence-electron chi connectivity index (χ0n) is 24.4. The van der Waals surface area contributed by atoms with E-state index in [9.17, 15) is 18.7 Å². The van der Waals surface area contributed by atoms with Gasteiger partial charge in [0, 0.05) is 30.2 Å². The number of carbonyl (C=O) groups excluding carboxylic acids is 1. The average Bonchev–Trinajstić information content (AvgIpc) is 3.32. The molecule has 3 aliphatic rings. The monoisotopic (exact) mass is 597 g/mol. The maximum atomic E-state index is 14.5. The first-order chi connectivity index (χ1) is 21.3. The molecule has 0 saturated carbocycles. The standard InChI is InChI=1S/C35H37F2N5O2/c36-27-14-10-25(11-15-27)35(26-12-16-28(37)17-13-26)34(44)42(33(40-35)24-6-2-1-3-7-24)23-30(43)22-41-20-18-29(19-21-41)39-32-9-5-4-8-31(32)38/h1-17,29-32,39,43H,18-23,38H2. The normalized spacial score (nSPS) is 22.8. The number of nitrogens with zero attached hydrogens (tertiary/aromatic N) is 3. The van der Waals surface area contributed by atoms with E-state index in [0.29, 0.717) is 35.1 Å². The highest BCUT2D eigenvalue weighted by atomic mass is 19.1. The molecule has 0 radical (unpaired) electrons. The van der Waals surface area contributed by atoms with Crippen LogP contribution in [-0.2, 0) is 10.3 Å². The van der Waals surface area contributed by atoms with Crippen molar-refractivity contribution in [1.29, 1.82) is 0 Å². The molecule has 228 valence electrons. The van der Waals surface area contributed by atoms with Gasteiger partial charge >= 0.3 is 0 Å². The van der Waals surface area contributed by atoms with Gasteiger partial charge < -0.3 is 21.1 Å². The Hall–Kier alpha value is -4.02. The fourth-order valence-electron chi connectivity index (χ4n) is 6.37. The second-order valence-electron chi connectivity index (χ2n) is 11.7. The van der Waals surface area contributed by atoms with Crippen LogP contribution in [0.25, 0.3) is 0 Å². The predicted molar refractivity (Wildman–Crippen MR) is 167 cm³/mol. The second-order valence-corrected chi connectivity index (χ2v) is 11.7. The smallest absolute Gasteiger partial charge is 0.265 e. The Morgan fingerprint density at radius 3 is 2.07 bits per heavy atom. The van der Waals surface area contributed by atoms with Crippen LogP contribution in [0.2, 0.25) is 0 Å². The van der Waals surface area contributed by atoms with Crippen molar-refractivity contribution < 1.29 is 18.7 Å². The molecule has 0 spiro atoms. The molecule has 3 aromatic carbocycles. The molecule has 2 aliphatic heterocycles. The minimum atomic E-state index is -1.57. The van der Waals surface area contributed by atoms with E-state index < -0.39 is 23.3 Å². The molecule has 9 heteroatoms. The van der Waals surface area contributed by atoms with Crippen molar-refractivity contribution in [1.82, 2.24) is 15.1 Å². The Morgan fingerprint density at radius 1 is 0.886 bits per heavy atom. The zero-order valence-corrected chi connectivity index (χ0v) is 24.4. The Labute approximate surface area is 256 Å². The van der Waals surface area contributed by atoms with Gasteiger partial charge in [0.2, 0.25) is 0 Å². The molecule has 44 heavy (non-hydrogen) atoms. The number of hydrogen-bond donors (Lipinski definition) is 3. The molecule has 4 N–H and O–H groups in total. The van der Waals surface area contributed by atoms with Crippen molar-refractivity contribution in [3.05, 3.63) is 131 Å². The van der Waals surface area contributed by atoms with E-state index in [1.54, 1.807) is 0 Å². The van der Waals surface area contributed by atoms with Crippen molar-refractivity contribution in [2.24, 2.45) is 10.7 Å². The molecular weight excluding hydrogens is 560 g/mol. The lowest BCUT2D eigenvalue weighted by Crippen LogP contribution is -2.53. The highest BCUT2D eigenvalue weighted by Crippen LogP contribution is 2.41. The van der Waals surface area contributed by atoms with Crippen molar-refractivity contribution >= 4 is 11.7 Å². The maximum Gasteiger partial charge on any atom is 0.265 e. The third-order valence-electron chi connectivity index (χ3n) is 8.70. The number of aliphatic imine (C=N–C) groups is 1. The number of hydrogen-bond acceptors (Lipinski definition) is 6. The van der Waals surface area contributed by atoms with Crippen molar-refractivity contribution in [3.63, 3.8) is 0 Å². The molecule has 6 rings (SSSR count). The third kappa shape index (κ3) is 6.14. The highest BCUT2D eigenvalue weighted by molar-refractivity contribution is 6.16. The molecule has 1 amide bonds. The lowest BCUT2D eigenvalue weighted by Gasteiger charge is -2.36. The summed E-state index contributed by atoms with van der Waals surface area (Å²) in [6, 6.07) is 21.0. The molecular formula is C35H37F2N5O2. The summed E-state index contributed by atoms with van der Waals surface area (Å²) < 4.78 is 28.0. The Morgan fingerprint density at radius 2 is 1.48 bits per heavy atom. The fourth-order valence-corrected chi connectivity index (χ4v) is 6.37. The average molecular weight is 598 g/mol. The quantitative estimate of drug-likeness (QED) is 0.350. The van der Waals surface area contributed by atoms with Crippen LogP contribution in [0.4, 0.5) is 8.78 Å². The third-order valence-corrected chi connectivity index (χ3v) is 8.70. The fraction of sp³-hybridized carbons (Fsp3) is 0.314. The number of benzene rings is 3. The molecule has 1 aliphatic carbocycles. The lowest BCUT2D eigenvalue weighted by atomic mass is 9.82. The van der Waals surface area contributed by atoms with E-state index in [1.807, 2.05) is 48.6 Å². The topological polar surface area (TPSA) is 94.2 Å². The first kappa shape index (κ1) is 30.0. The van der Waals surface area contributed by atoms with Gasteiger partial charge in [-0.1, -0.05) is 78.9 Å². The van der Waals surface area contributed by atoms with Gasteiger partial charge in [-0.2, -0.15) is 0 Å². The van der Waals surface area contributed by atoms with E-state index in [0.717, 1.165) is 25.9 Å². The van der Waals surface area contributed by atoms with Gasteiger partial charge in [-0.25, -0.2) is 13.8 Å². The molecule has 2 heterocycles. The van der Waals surface area contributed by atoms with Crippen LogP contribution in [0.1, 0.15) is 29.5 Å². The van der Waals surface area contributed by atoms with E-state index in [4.69, 9.17) is 10.7 Å². The Balaban J connectivity index is 1.22. The molecule has 0 aromatic heterocycles. The van der Waals surface area contributed by atoms with E-state index >= 15 is 0 Å². The SMILES string of the molecule is NC1C=CC=CC1NC1CCN(CC(O)CN2C(=O)C(c3ccc(F)cc3)(c3ccc(F)cc3)N=C2c2ccccc2)CC1. The Bertz CT molecular complexity index is 1490. The molecule has 3 atom stereocenters. The number of piperidine rings is 1. The van der Waals surface area contributed by atoms with Gasteiger partial charge in [0.15, 0.2) is 5.54 Å². The van der Waals surface area contributed by atoms with Crippen molar-refractivity contribution in [3.8, 4) is 0 Å². The number of aliphatic hydroxyl groups excluding tert-OH is 1. The summed E-state index contributed by atoms with van der Waals surface area (Å²) >= 11 is 0. The number of β-amino-alcohol motifs (C(OH)–C–C–N with tert-alkyl or cyclic N) is 1. The summed E-state index contributed by atoms with van der Waals surface area (Å²) in [6.45, 7) is 2.02. The molecule has 3 aromatic rings. The number of amidine groups is 1. The maximum absolute atomic E-state index is 14.5. The number of aliphatic hydroxyl groups is 1. The van der Waals surface area contributed by atoms with Gasteiger partial charge in [0.25, 0.3) is 5.91 Å². The van der Waals surface area contributed by atoms with E-state index in [-0.39, 0.29) is 24.5 Å². The van der Waals surface area contributed by atoms with Crippen LogP contribution in [0, 0.1) is 11.6 Å². The van der Waals surface area contributed by atoms with Gasteiger partial charge in [-0.05, 0) is 61.3 Å². The number of carbonyl (C=O) groups is 1. The van der Waals surface area contributed by atoms with Crippen LogP contribution in [-0.4, -0.2) is 77.1 Å². The van der Waals surface area contributed by atoms with Gasteiger partial charge in [0.05, 0.1) is 12.6 Å². The van der Waals surface area contributed by atoms with Crippen molar-refractivity contribution in [2.75, 3.05) is 26.2 Å². The minimum absolute atomic E-state index is 0.0168. The summed E-state index contributed by atoms with van der Waals surface area (Å²) in [5, 5.41) is 15.0. The highest BCUT2D eigenvalue weighted by Gasteiger charge is 2.51. The number of nitrogens with one attached hydrogen (secondary N) is 1. The Kier molecular flexibility index (Phi) is 8.81. The summed E-state index contributed by atoms with van der Waals surface area (Å²) in [4.78, 5) is 23.3. The molecule has 7 nitrogen and oxygen atoms in total. The lowest BCUT2D eigenvalue weighted by molar-refractivity contribution is -0.131. The van der Waals surface area contributed by atoms with E-state index in [2.05, 4.69) is 16.3 Å². The predicted octanol–water partition coefficient (Wildman–Crippen LogP) is 3.73. The second kappa shape index (κ2) is 12.9. The number of allylic oxidation sites excluding steroid dienone is 2. The number of likely N-dealkylation sites (tertiary alicyclic amines) is 1. The molecule has 3 unspecified atom stereocenters. The first-order valence-corrected chi connectivity index (χ1v) is 15.1. The van der Waals surface area contributed by atoms with Crippen LogP contribution < -0.4 is 11.1 Å². The van der Waals surface area contributed by atoms with Gasteiger partial charge in [-0.15, -0.1) is 0 Å². The van der Waals surface area contributed by atoms with Gasteiger partial charge in [0.1, 0.15) is 17.5 Å². The van der Waals surface area contributed by atoms with Crippen LogP contribution in [0.15, 0.2) is 108 Å². The molecule has 1 saturated heterocycles. The summed E-state index contributed by atoms with van der Waals surface area (Å²) in [5.74, 6) is -0.872. The van der Waals surface area contributed by atoms with Crippen LogP contribution in [0.3, 0.4) is 0 Å². The minimum Gasteiger partial charge on any atom is -0.390 e.